The zero-order valence-corrected chi connectivity index (χ0v) is 35.3. The molecule has 0 saturated carbocycles. The highest BCUT2D eigenvalue weighted by Gasteiger charge is 2.36. The van der Waals surface area contributed by atoms with Crippen molar-refractivity contribution in [2.45, 2.75) is 57.5 Å². The standard InChI is InChI=1S/C47H53ClN6O7/c1-29-24-42(57)45(54(2)47(59)34(17-19-50)28-41(56)32-12-10-31(11-13-32)35-6-3-4-7-38(35)48)33-14-16-44(61-23-21-52)37(27-33)36-25-30(9-15-43(36)60-22-20-51)26-39(53-46(29)58)40(55)8-5-18-49/h3-4,6-7,9-16,25,27,29,34,39,45H,5,8,17,19-24,26,28,50-52H2,1-2H3,(H,53,58)/t29-,34-,39+,45+/m1/s1. The van der Waals surface area contributed by atoms with Crippen LogP contribution in [-0.4, -0.2) is 80.0 Å². The fourth-order valence-corrected chi connectivity index (χ4v) is 7.76. The molecule has 2 amide bonds. The summed E-state index contributed by atoms with van der Waals surface area (Å²) in [4.78, 5) is 71.5. The van der Waals surface area contributed by atoms with Gasteiger partial charge in [0.1, 0.15) is 30.8 Å². The van der Waals surface area contributed by atoms with Crippen molar-refractivity contribution >= 4 is 40.8 Å². The van der Waals surface area contributed by atoms with Crippen LogP contribution in [0.2, 0.25) is 5.02 Å². The van der Waals surface area contributed by atoms with Crippen LogP contribution >= 0.6 is 11.6 Å². The van der Waals surface area contributed by atoms with Crippen LogP contribution in [0.4, 0.5) is 0 Å². The molecular weight excluding hydrogens is 796 g/mol. The number of carbonyl (C=O) groups excluding carboxylic acids is 5. The largest absolute Gasteiger partial charge is 0.492 e. The molecule has 320 valence electrons. The second-order valence-corrected chi connectivity index (χ2v) is 15.5. The number of amides is 2. The van der Waals surface area contributed by atoms with Gasteiger partial charge in [0, 0.05) is 84.9 Å². The number of likely N-dealkylation sites (N-methyl/N-ethyl adjacent to an activating group) is 1. The lowest BCUT2D eigenvalue weighted by Crippen LogP contribution is -2.46. The zero-order valence-electron chi connectivity index (χ0n) is 34.5. The van der Waals surface area contributed by atoms with Crippen LogP contribution in [0.5, 0.6) is 11.5 Å². The number of nitrogens with zero attached hydrogens (tertiary/aromatic N) is 2. The summed E-state index contributed by atoms with van der Waals surface area (Å²) in [7, 11) is 1.50. The summed E-state index contributed by atoms with van der Waals surface area (Å²) in [6.45, 7) is 2.47. The molecule has 0 spiro atoms. The number of ether oxygens (including phenoxy) is 2. The quantitative estimate of drug-likeness (QED) is 0.0959. The molecule has 4 aromatic carbocycles. The maximum absolute atomic E-state index is 14.6. The minimum absolute atomic E-state index is 0.0281. The van der Waals surface area contributed by atoms with Gasteiger partial charge in [-0.15, -0.1) is 0 Å². The van der Waals surface area contributed by atoms with Crippen LogP contribution in [0.3, 0.4) is 0 Å². The highest BCUT2D eigenvalue weighted by atomic mass is 35.5. The number of hydrogen-bond acceptors (Lipinski definition) is 11. The third kappa shape index (κ3) is 11.7. The predicted octanol–water partition coefficient (Wildman–Crippen LogP) is 5.60. The SMILES string of the molecule is C[C@@H]1CC(=O)[C@@H](N(C)C(=O)[C@H](CCN)CC(=O)c2ccc(-c3ccccc3Cl)cc2)c2ccc(OCCN)c(c2)-c2cc(ccc2OCCN)C[C@@H](C(=O)CCC#N)NC1=O. The van der Waals surface area contributed by atoms with Gasteiger partial charge >= 0.3 is 0 Å². The van der Waals surface area contributed by atoms with Crippen molar-refractivity contribution in [3.63, 3.8) is 0 Å². The number of hydrogen-bond donors (Lipinski definition) is 4. The molecule has 0 fully saturated rings. The monoisotopic (exact) mass is 848 g/mol. The highest BCUT2D eigenvalue weighted by molar-refractivity contribution is 6.33. The Bertz CT molecular complexity index is 2260. The Hall–Kier alpha value is -5.91. The number of fused-ring (bicyclic) bond motifs is 5. The second kappa shape index (κ2) is 22.1. The zero-order chi connectivity index (χ0) is 44.1. The van der Waals surface area contributed by atoms with Crippen molar-refractivity contribution in [1.29, 1.82) is 5.26 Å². The lowest BCUT2D eigenvalue weighted by molar-refractivity contribution is -0.142. The van der Waals surface area contributed by atoms with Crippen molar-refractivity contribution in [2.24, 2.45) is 29.0 Å². The van der Waals surface area contributed by atoms with Crippen LogP contribution in [0.15, 0.2) is 84.9 Å². The van der Waals surface area contributed by atoms with Gasteiger partial charge in [0.25, 0.3) is 0 Å². The lowest BCUT2D eigenvalue weighted by atomic mass is 9.88. The molecule has 7 N–H and O–H groups in total. The van der Waals surface area contributed by atoms with Crippen molar-refractivity contribution in [1.82, 2.24) is 10.2 Å². The summed E-state index contributed by atoms with van der Waals surface area (Å²) in [6, 6.07) is 24.6. The van der Waals surface area contributed by atoms with Crippen molar-refractivity contribution in [2.75, 3.05) is 39.9 Å². The Morgan fingerprint density at radius 3 is 2.16 bits per heavy atom. The normalized spacial score (nSPS) is 17.0. The van der Waals surface area contributed by atoms with Gasteiger partial charge in [-0.3, -0.25) is 24.0 Å². The molecule has 4 atom stereocenters. The fraction of sp³-hybridized carbons (Fsp3) is 0.362. The van der Waals surface area contributed by atoms with Gasteiger partial charge in [0.05, 0.1) is 12.1 Å². The Morgan fingerprint density at radius 1 is 0.869 bits per heavy atom. The van der Waals surface area contributed by atoms with E-state index >= 15 is 0 Å². The average Bonchev–Trinajstić information content (AvgIpc) is 3.26. The Kier molecular flexibility index (Phi) is 16.7. The molecule has 0 radical (unpaired) electrons. The molecule has 14 heteroatoms. The van der Waals surface area contributed by atoms with E-state index in [1.807, 2.05) is 30.3 Å². The number of rotatable bonds is 17. The van der Waals surface area contributed by atoms with Crippen molar-refractivity contribution in [3.05, 3.63) is 107 Å². The molecule has 0 aliphatic carbocycles. The van der Waals surface area contributed by atoms with Crippen LogP contribution < -0.4 is 32.0 Å². The van der Waals surface area contributed by atoms with E-state index in [0.717, 1.165) is 11.1 Å². The molecule has 13 nitrogen and oxygen atoms in total. The van der Waals surface area contributed by atoms with Crippen LogP contribution in [-0.2, 0) is 25.6 Å². The van der Waals surface area contributed by atoms with Crippen LogP contribution in [0.1, 0.15) is 66.6 Å². The number of halogens is 1. The van der Waals surface area contributed by atoms with Gasteiger partial charge in [-0.05, 0) is 66.4 Å². The van der Waals surface area contributed by atoms with E-state index < -0.39 is 41.5 Å². The average molecular weight is 849 g/mol. The number of carbonyl (C=O) groups is 5. The van der Waals surface area contributed by atoms with Gasteiger partial charge in [-0.1, -0.05) is 73.1 Å². The first-order valence-electron chi connectivity index (χ1n) is 20.4. The molecule has 0 aromatic heterocycles. The first-order valence-corrected chi connectivity index (χ1v) is 20.8. The Morgan fingerprint density at radius 2 is 1.52 bits per heavy atom. The minimum Gasteiger partial charge on any atom is -0.492 e. The van der Waals surface area contributed by atoms with Crippen molar-refractivity contribution in [3.8, 4) is 39.8 Å². The molecule has 4 aromatic rings. The van der Waals surface area contributed by atoms with E-state index in [-0.39, 0.29) is 82.9 Å². The predicted molar refractivity (Wildman–Crippen MR) is 234 cm³/mol. The molecule has 1 heterocycles. The van der Waals surface area contributed by atoms with Gasteiger partial charge in [0.2, 0.25) is 11.8 Å². The first-order chi connectivity index (χ1) is 29.4. The summed E-state index contributed by atoms with van der Waals surface area (Å²) < 4.78 is 12.2. The van der Waals surface area contributed by atoms with Gasteiger partial charge < -0.3 is 36.9 Å². The second-order valence-electron chi connectivity index (χ2n) is 15.1. The number of ketones is 3. The first kappa shape index (κ1) is 46.2. The molecule has 0 saturated heterocycles. The summed E-state index contributed by atoms with van der Waals surface area (Å²) in [5.74, 6) is -3.00. The van der Waals surface area contributed by atoms with Gasteiger partial charge in [0.15, 0.2) is 17.3 Å². The van der Waals surface area contributed by atoms with E-state index in [2.05, 4.69) is 5.32 Å². The van der Waals surface area contributed by atoms with E-state index in [0.29, 0.717) is 44.3 Å². The third-order valence-corrected chi connectivity index (χ3v) is 11.0. The topological polar surface area (TPSA) is 221 Å². The smallest absolute Gasteiger partial charge is 0.226 e. The summed E-state index contributed by atoms with van der Waals surface area (Å²) >= 11 is 6.40. The van der Waals surface area contributed by atoms with Crippen LogP contribution in [0, 0.1) is 23.2 Å². The Balaban J connectivity index is 1.57. The summed E-state index contributed by atoms with van der Waals surface area (Å²) in [5, 5.41) is 12.6. The summed E-state index contributed by atoms with van der Waals surface area (Å²) in [6.07, 6.45) is -0.292. The molecule has 0 unspecified atom stereocenters. The molecular formula is C47H53ClN6O7. The number of nitrogens with one attached hydrogen (secondary N) is 1. The molecule has 1 aliphatic rings. The van der Waals surface area contributed by atoms with Crippen LogP contribution in [0.25, 0.3) is 22.3 Å². The third-order valence-electron chi connectivity index (χ3n) is 10.7. The van der Waals surface area contributed by atoms with E-state index in [9.17, 15) is 29.2 Å². The Labute approximate surface area is 361 Å². The minimum atomic E-state index is -1.22. The van der Waals surface area contributed by atoms with E-state index in [4.69, 9.17) is 38.3 Å². The van der Waals surface area contributed by atoms with Crippen molar-refractivity contribution < 1.29 is 33.4 Å². The number of benzene rings is 4. The molecule has 4 bridgehead atoms. The molecule has 1 aliphatic heterocycles. The maximum Gasteiger partial charge on any atom is 0.226 e. The van der Waals surface area contributed by atoms with Gasteiger partial charge in [-0.25, -0.2) is 0 Å². The van der Waals surface area contributed by atoms with E-state index in [1.165, 1.54) is 11.9 Å². The maximum atomic E-state index is 14.6. The number of nitriles is 1. The van der Waals surface area contributed by atoms with Gasteiger partial charge in [-0.2, -0.15) is 5.26 Å². The highest BCUT2D eigenvalue weighted by Crippen LogP contribution is 2.41. The summed E-state index contributed by atoms with van der Waals surface area (Å²) in [5.41, 5.74) is 21.9. The fourth-order valence-electron chi connectivity index (χ4n) is 7.51. The molecule has 61 heavy (non-hydrogen) atoms. The lowest BCUT2D eigenvalue weighted by Gasteiger charge is -2.32. The number of Topliss-reactive ketones (excluding diaryl/α,β-unsaturated/α-hetero) is 3. The van der Waals surface area contributed by atoms with E-state index in [1.54, 1.807) is 67.6 Å². The molecule has 5 rings (SSSR count). The number of nitrogens with two attached hydrogens (primary N) is 3.